The molecule has 0 spiro atoms. The Hall–Kier alpha value is -0.910. The summed E-state index contributed by atoms with van der Waals surface area (Å²) in [7, 11) is 0. The van der Waals surface area contributed by atoms with E-state index >= 15 is 0 Å². The number of ether oxygens (including phenoxy) is 1. The molecule has 1 aromatic rings. The molecule has 0 radical (unpaired) electrons. The quantitative estimate of drug-likeness (QED) is 0.594. The highest BCUT2D eigenvalue weighted by Crippen LogP contribution is 1.96. The van der Waals surface area contributed by atoms with E-state index in [0.29, 0.717) is 6.54 Å². The maximum atomic E-state index is 8.75. The second kappa shape index (κ2) is 9.15. The monoisotopic (exact) mass is 241 g/mol. The number of unbranched alkanes of at least 4 members (excludes halogenated alkanes) is 1. The number of aliphatic hydroxyl groups is 1. The van der Waals surface area contributed by atoms with Crippen LogP contribution in [0.4, 0.5) is 0 Å². The maximum Gasteiger partial charge on any atom is 0.0640 e. The molecule has 0 aromatic carbocycles. The fourth-order valence-corrected chi connectivity index (χ4v) is 1.45. The molecule has 0 unspecified atom stereocenters. The molecule has 98 valence electrons. The second-order valence-electron chi connectivity index (χ2n) is 3.98. The van der Waals surface area contributed by atoms with Gasteiger partial charge in [-0.15, -0.1) is 0 Å². The summed E-state index contributed by atoms with van der Waals surface area (Å²) in [6.07, 6.45) is 6.08. The van der Waals surface area contributed by atoms with Gasteiger partial charge in [-0.3, -0.25) is 4.68 Å². The summed E-state index contributed by atoms with van der Waals surface area (Å²) in [6.45, 7) is 6.10. The van der Waals surface area contributed by atoms with Crippen LogP contribution in [0.2, 0.25) is 0 Å². The van der Waals surface area contributed by atoms with E-state index in [0.717, 1.165) is 38.3 Å². The molecule has 0 saturated carbocycles. The highest BCUT2D eigenvalue weighted by atomic mass is 16.5. The number of nitrogens with one attached hydrogen (secondary N) is 1. The molecular weight excluding hydrogens is 218 g/mol. The van der Waals surface area contributed by atoms with Crippen molar-refractivity contribution in [3.63, 3.8) is 0 Å². The van der Waals surface area contributed by atoms with Gasteiger partial charge in [-0.2, -0.15) is 5.10 Å². The van der Waals surface area contributed by atoms with Gasteiger partial charge in [-0.25, -0.2) is 0 Å². The molecule has 0 saturated heterocycles. The van der Waals surface area contributed by atoms with Crippen LogP contribution < -0.4 is 5.32 Å². The number of hydrogen-bond acceptors (Lipinski definition) is 4. The van der Waals surface area contributed by atoms with Crippen molar-refractivity contribution in [2.45, 2.75) is 32.9 Å². The SMILES string of the molecule is CCCCOCCNCc1cnn(CCO)c1. The largest absolute Gasteiger partial charge is 0.394 e. The zero-order valence-electron chi connectivity index (χ0n) is 10.6. The van der Waals surface area contributed by atoms with Gasteiger partial charge in [0.15, 0.2) is 0 Å². The topological polar surface area (TPSA) is 59.3 Å². The Morgan fingerprint density at radius 2 is 2.35 bits per heavy atom. The third kappa shape index (κ3) is 6.41. The highest BCUT2D eigenvalue weighted by Gasteiger charge is 1.97. The Bertz CT molecular complexity index is 289. The van der Waals surface area contributed by atoms with E-state index in [-0.39, 0.29) is 6.61 Å². The van der Waals surface area contributed by atoms with Crippen molar-refractivity contribution < 1.29 is 9.84 Å². The summed E-state index contributed by atoms with van der Waals surface area (Å²) >= 11 is 0. The number of rotatable bonds is 10. The number of aliphatic hydroxyl groups excluding tert-OH is 1. The number of nitrogens with zero attached hydrogens (tertiary/aromatic N) is 2. The summed E-state index contributed by atoms with van der Waals surface area (Å²) in [6, 6.07) is 0. The predicted molar refractivity (Wildman–Crippen MR) is 66.7 cm³/mol. The minimum Gasteiger partial charge on any atom is -0.394 e. The standard InChI is InChI=1S/C12H23N3O2/c1-2-3-7-17-8-4-13-9-12-10-14-15(11-12)5-6-16/h10-11,13,16H,2-9H2,1H3. The van der Waals surface area contributed by atoms with Gasteiger partial charge in [0.25, 0.3) is 0 Å². The van der Waals surface area contributed by atoms with E-state index < -0.39 is 0 Å². The van der Waals surface area contributed by atoms with E-state index in [1.807, 2.05) is 12.4 Å². The minimum atomic E-state index is 0.125. The summed E-state index contributed by atoms with van der Waals surface area (Å²) < 4.78 is 7.18. The van der Waals surface area contributed by atoms with Gasteiger partial charge in [0, 0.05) is 31.5 Å². The Labute approximate surface area is 103 Å². The molecule has 2 N–H and O–H groups in total. The van der Waals surface area contributed by atoms with E-state index in [9.17, 15) is 0 Å². The van der Waals surface area contributed by atoms with Gasteiger partial charge >= 0.3 is 0 Å². The van der Waals surface area contributed by atoms with Gasteiger partial charge in [0.2, 0.25) is 0 Å². The van der Waals surface area contributed by atoms with E-state index in [4.69, 9.17) is 9.84 Å². The lowest BCUT2D eigenvalue weighted by Crippen LogP contribution is -2.19. The summed E-state index contributed by atoms with van der Waals surface area (Å²) in [4.78, 5) is 0. The highest BCUT2D eigenvalue weighted by molar-refractivity contribution is 5.03. The van der Waals surface area contributed by atoms with Crippen molar-refractivity contribution in [2.24, 2.45) is 0 Å². The van der Waals surface area contributed by atoms with Crippen molar-refractivity contribution in [2.75, 3.05) is 26.4 Å². The van der Waals surface area contributed by atoms with Crippen LogP contribution in [0.25, 0.3) is 0 Å². The van der Waals surface area contributed by atoms with Gasteiger partial charge < -0.3 is 15.2 Å². The number of hydrogen-bond donors (Lipinski definition) is 2. The molecule has 0 amide bonds. The summed E-state index contributed by atoms with van der Waals surface area (Å²) in [5.41, 5.74) is 1.13. The van der Waals surface area contributed by atoms with Gasteiger partial charge in [0.05, 0.1) is 26.0 Å². The third-order valence-electron chi connectivity index (χ3n) is 2.41. The van der Waals surface area contributed by atoms with E-state index in [1.165, 1.54) is 6.42 Å². The average Bonchev–Trinajstić information content (AvgIpc) is 2.76. The predicted octanol–water partition coefficient (Wildman–Crippen LogP) is 0.782. The van der Waals surface area contributed by atoms with Crippen molar-refractivity contribution in [3.05, 3.63) is 18.0 Å². The average molecular weight is 241 g/mol. The third-order valence-corrected chi connectivity index (χ3v) is 2.41. The molecule has 1 heterocycles. The van der Waals surface area contributed by atoms with E-state index in [1.54, 1.807) is 4.68 Å². The van der Waals surface area contributed by atoms with Gasteiger partial charge in [0.1, 0.15) is 0 Å². The molecule has 17 heavy (non-hydrogen) atoms. The molecule has 0 aliphatic heterocycles. The lowest BCUT2D eigenvalue weighted by atomic mass is 10.3. The fourth-order valence-electron chi connectivity index (χ4n) is 1.45. The molecule has 1 aromatic heterocycles. The van der Waals surface area contributed by atoms with Crippen LogP contribution >= 0.6 is 0 Å². The lowest BCUT2D eigenvalue weighted by Gasteiger charge is -2.04. The number of aromatic nitrogens is 2. The van der Waals surface area contributed by atoms with Crippen LogP contribution in [0.1, 0.15) is 25.3 Å². The van der Waals surface area contributed by atoms with Crippen LogP contribution in [0.3, 0.4) is 0 Å². The van der Waals surface area contributed by atoms with Crippen LogP contribution in [0, 0.1) is 0 Å². The molecule has 0 fully saturated rings. The fraction of sp³-hybridized carbons (Fsp3) is 0.750. The van der Waals surface area contributed by atoms with E-state index in [2.05, 4.69) is 17.3 Å². The first-order valence-corrected chi connectivity index (χ1v) is 6.27. The zero-order valence-corrected chi connectivity index (χ0v) is 10.6. The Balaban J connectivity index is 2.01. The van der Waals surface area contributed by atoms with Crippen LogP contribution in [0.15, 0.2) is 12.4 Å². The summed E-state index contributed by atoms with van der Waals surface area (Å²) in [5, 5.41) is 16.2. The molecule has 0 aliphatic carbocycles. The molecule has 5 nitrogen and oxygen atoms in total. The van der Waals surface area contributed by atoms with Crippen LogP contribution in [0.5, 0.6) is 0 Å². The second-order valence-corrected chi connectivity index (χ2v) is 3.98. The molecular formula is C12H23N3O2. The molecule has 0 atom stereocenters. The first-order valence-electron chi connectivity index (χ1n) is 6.27. The Morgan fingerprint density at radius 1 is 1.47 bits per heavy atom. The minimum absolute atomic E-state index is 0.125. The lowest BCUT2D eigenvalue weighted by molar-refractivity contribution is 0.133. The smallest absolute Gasteiger partial charge is 0.0640 e. The normalized spacial score (nSPS) is 10.9. The van der Waals surface area contributed by atoms with Gasteiger partial charge in [-0.1, -0.05) is 13.3 Å². The summed E-state index contributed by atoms with van der Waals surface area (Å²) in [5.74, 6) is 0. The molecule has 0 bridgehead atoms. The Kier molecular flexibility index (Phi) is 7.62. The Morgan fingerprint density at radius 3 is 3.12 bits per heavy atom. The van der Waals surface area contributed by atoms with Gasteiger partial charge in [-0.05, 0) is 6.42 Å². The zero-order chi connectivity index (χ0) is 12.3. The van der Waals surface area contributed by atoms with Crippen LogP contribution in [-0.2, 0) is 17.8 Å². The van der Waals surface area contributed by atoms with Crippen molar-refractivity contribution in [3.8, 4) is 0 Å². The molecule has 1 rings (SSSR count). The molecule has 0 aliphatic rings. The molecule has 5 heteroatoms. The first kappa shape index (κ1) is 14.2. The first-order chi connectivity index (χ1) is 8.36. The van der Waals surface area contributed by atoms with Crippen LogP contribution in [-0.4, -0.2) is 41.3 Å². The van der Waals surface area contributed by atoms with Crippen molar-refractivity contribution in [1.29, 1.82) is 0 Å². The maximum absolute atomic E-state index is 8.75. The van der Waals surface area contributed by atoms with Crippen molar-refractivity contribution in [1.82, 2.24) is 15.1 Å². The van der Waals surface area contributed by atoms with Crippen molar-refractivity contribution >= 4 is 0 Å².